The Morgan fingerprint density at radius 2 is 1.75 bits per heavy atom. The fourth-order valence-corrected chi connectivity index (χ4v) is 2.74. The zero-order chi connectivity index (χ0) is 17.6. The summed E-state index contributed by atoms with van der Waals surface area (Å²) in [6.45, 7) is 0. The molecular weight excluding hydrogens is 379 g/mol. The highest BCUT2D eigenvalue weighted by atomic mass is 35.6. The van der Waals surface area contributed by atoms with Crippen LogP contribution in [0.4, 0.5) is 0 Å². The topological polar surface area (TPSA) is 87.7 Å². The van der Waals surface area contributed by atoms with Crippen molar-refractivity contribution in [2.24, 2.45) is 0 Å². The minimum absolute atomic E-state index is 0.0163. The molecule has 0 amide bonds. The van der Waals surface area contributed by atoms with Gasteiger partial charge in [0.25, 0.3) is 0 Å². The van der Waals surface area contributed by atoms with Crippen LogP contribution in [0.3, 0.4) is 0 Å². The summed E-state index contributed by atoms with van der Waals surface area (Å²) in [5.74, 6) is -1.14. The molecule has 0 radical (unpaired) electrons. The smallest absolute Gasteiger partial charge is 0.335 e. The van der Waals surface area contributed by atoms with Crippen molar-refractivity contribution in [1.82, 2.24) is 0 Å². The van der Waals surface area contributed by atoms with E-state index in [1.54, 1.807) is 0 Å². The Morgan fingerprint density at radius 3 is 2.38 bits per heavy atom. The van der Waals surface area contributed by atoms with Gasteiger partial charge >= 0.3 is 5.97 Å². The van der Waals surface area contributed by atoms with Gasteiger partial charge in [-0.2, -0.15) is 0 Å². The molecule has 0 saturated heterocycles. The van der Waals surface area contributed by atoms with Gasteiger partial charge in [0.05, 0.1) is 16.3 Å². The molecule has 0 spiro atoms. The first-order valence-electron chi connectivity index (χ1n) is 6.67. The van der Waals surface area contributed by atoms with Crippen molar-refractivity contribution in [1.29, 1.82) is 0 Å². The maximum absolute atomic E-state index is 12.5. The predicted molar refractivity (Wildman–Crippen MR) is 92.2 cm³/mol. The van der Waals surface area contributed by atoms with Crippen molar-refractivity contribution < 1.29 is 19.4 Å². The number of carbonyl (C=O) groups is 1. The first kappa shape index (κ1) is 17.0. The van der Waals surface area contributed by atoms with Crippen molar-refractivity contribution in [2.45, 2.75) is 9.90 Å². The van der Waals surface area contributed by atoms with E-state index in [2.05, 4.69) is 0 Å². The SMILES string of the molecule is O=C(O)c1ccc2oc3cc(C(O)C(Cl)(Cl)Cl)ccc3c(=O)c2c1. The van der Waals surface area contributed by atoms with E-state index < -0.39 is 15.9 Å². The van der Waals surface area contributed by atoms with Gasteiger partial charge < -0.3 is 14.6 Å². The van der Waals surface area contributed by atoms with E-state index in [9.17, 15) is 14.7 Å². The lowest BCUT2D eigenvalue weighted by atomic mass is 10.1. The second kappa shape index (κ2) is 5.93. The standard InChI is InChI=1S/C16H9Cl3O5/c17-16(18,19)14(21)7-1-3-9-12(6-7)24-11-4-2-8(15(22)23)5-10(11)13(9)20/h1-6,14,21H,(H,22,23). The minimum atomic E-state index is -1.93. The number of fused-ring (bicyclic) bond motifs is 2. The highest BCUT2D eigenvalue weighted by Gasteiger charge is 2.32. The van der Waals surface area contributed by atoms with Crippen LogP contribution in [0.1, 0.15) is 22.0 Å². The van der Waals surface area contributed by atoms with E-state index in [0.29, 0.717) is 0 Å². The summed E-state index contributed by atoms with van der Waals surface area (Å²) in [6, 6.07) is 8.28. The quantitative estimate of drug-likeness (QED) is 0.512. The van der Waals surface area contributed by atoms with Crippen LogP contribution < -0.4 is 5.43 Å². The van der Waals surface area contributed by atoms with Gasteiger partial charge in [0, 0.05) is 0 Å². The minimum Gasteiger partial charge on any atom is -0.478 e. The second-order valence-corrected chi connectivity index (χ2v) is 7.52. The molecule has 1 unspecified atom stereocenters. The number of aliphatic hydroxyl groups is 1. The normalized spacial score (nSPS) is 13.3. The van der Waals surface area contributed by atoms with E-state index in [4.69, 9.17) is 44.3 Å². The summed E-state index contributed by atoms with van der Waals surface area (Å²) >= 11 is 17.0. The molecule has 124 valence electrons. The van der Waals surface area contributed by atoms with Crippen molar-refractivity contribution in [3.8, 4) is 0 Å². The molecule has 1 heterocycles. The maximum atomic E-state index is 12.5. The molecule has 0 aliphatic rings. The highest BCUT2D eigenvalue weighted by molar-refractivity contribution is 6.68. The van der Waals surface area contributed by atoms with Crippen LogP contribution in [-0.2, 0) is 0 Å². The van der Waals surface area contributed by atoms with Crippen LogP contribution in [0.15, 0.2) is 45.6 Å². The molecule has 2 aromatic carbocycles. The fraction of sp³-hybridized carbons (Fsp3) is 0.125. The Hall–Kier alpha value is -1.79. The van der Waals surface area contributed by atoms with Crippen molar-refractivity contribution >= 4 is 62.7 Å². The van der Waals surface area contributed by atoms with Gasteiger partial charge in [-0.3, -0.25) is 4.79 Å². The Morgan fingerprint density at radius 1 is 1.04 bits per heavy atom. The van der Waals surface area contributed by atoms with Crippen LogP contribution in [0.25, 0.3) is 21.9 Å². The summed E-state index contributed by atoms with van der Waals surface area (Å²) in [7, 11) is 0. The predicted octanol–water partition coefficient (Wildman–Crippen LogP) is 4.05. The third kappa shape index (κ3) is 2.96. The monoisotopic (exact) mass is 386 g/mol. The number of halogens is 3. The van der Waals surface area contributed by atoms with E-state index >= 15 is 0 Å². The fourth-order valence-electron chi connectivity index (χ4n) is 2.36. The van der Waals surface area contributed by atoms with E-state index in [1.165, 1.54) is 36.4 Å². The molecule has 2 N–H and O–H groups in total. The van der Waals surface area contributed by atoms with Crippen LogP contribution in [0.2, 0.25) is 0 Å². The number of alkyl halides is 3. The molecule has 24 heavy (non-hydrogen) atoms. The molecule has 3 rings (SSSR count). The first-order valence-corrected chi connectivity index (χ1v) is 7.80. The van der Waals surface area contributed by atoms with Gasteiger partial charge in [-0.25, -0.2) is 4.79 Å². The van der Waals surface area contributed by atoms with Gasteiger partial charge in [-0.15, -0.1) is 0 Å². The van der Waals surface area contributed by atoms with Gasteiger partial charge in [0.15, 0.2) is 0 Å². The summed E-state index contributed by atoms with van der Waals surface area (Å²) in [5.41, 5.74) is 0.285. The third-order valence-corrected chi connectivity index (χ3v) is 4.19. The van der Waals surface area contributed by atoms with Crippen molar-refractivity contribution in [2.75, 3.05) is 0 Å². The third-order valence-electron chi connectivity index (χ3n) is 3.57. The largest absolute Gasteiger partial charge is 0.478 e. The highest BCUT2D eigenvalue weighted by Crippen LogP contribution is 2.40. The van der Waals surface area contributed by atoms with Crippen LogP contribution >= 0.6 is 34.8 Å². The average Bonchev–Trinajstić information content (AvgIpc) is 2.52. The average molecular weight is 388 g/mol. The summed E-state index contributed by atoms with van der Waals surface area (Å²) in [5, 5.41) is 19.4. The number of benzene rings is 2. The molecule has 0 aliphatic heterocycles. The van der Waals surface area contributed by atoms with E-state index in [0.717, 1.165) is 0 Å². The van der Waals surface area contributed by atoms with Crippen LogP contribution in [0, 0.1) is 0 Å². The molecule has 0 bridgehead atoms. The molecule has 0 saturated carbocycles. The lowest BCUT2D eigenvalue weighted by Gasteiger charge is -2.19. The molecule has 1 aromatic heterocycles. The van der Waals surface area contributed by atoms with Crippen molar-refractivity contribution in [3.05, 3.63) is 57.7 Å². The number of aliphatic hydroxyl groups excluding tert-OH is 1. The van der Waals surface area contributed by atoms with E-state index in [1.807, 2.05) is 0 Å². The molecule has 1 atom stereocenters. The van der Waals surface area contributed by atoms with Gasteiger partial charge in [-0.1, -0.05) is 40.9 Å². The molecule has 0 aliphatic carbocycles. The number of aromatic carboxylic acids is 1. The molecule has 5 nitrogen and oxygen atoms in total. The number of rotatable bonds is 2. The summed E-state index contributed by atoms with van der Waals surface area (Å²) in [6.07, 6.45) is -1.40. The molecule has 8 heteroatoms. The zero-order valence-electron chi connectivity index (χ0n) is 11.8. The maximum Gasteiger partial charge on any atom is 0.335 e. The van der Waals surface area contributed by atoms with Crippen LogP contribution in [0.5, 0.6) is 0 Å². The first-order chi connectivity index (χ1) is 11.2. The Balaban J connectivity index is 2.26. The van der Waals surface area contributed by atoms with Gasteiger partial charge in [0.1, 0.15) is 17.3 Å². The Labute approximate surface area is 150 Å². The number of carboxylic acids is 1. The Bertz CT molecular complexity index is 1020. The zero-order valence-corrected chi connectivity index (χ0v) is 14.1. The summed E-state index contributed by atoms with van der Waals surface area (Å²) < 4.78 is 3.70. The molecular formula is C16H9Cl3O5. The summed E-state index contributed by atoms with van der Waals surface area (Å²) in [4.78, 5) is 23.6. The number of hydrogen-bond acceptors (Lipinski definition) is 4. The van der Waals surface area contributed by atoms with Gasteiger partial charge in [-0.05, 0) is 35.9 Å². The molecule has 3 aromatic rings. The van der Waals surface area contributed by atoms with Gasteiger partial charge in [0.2, 0.25) is 9.22 Å². The number of hydrogen-bond donors (Lipinski definition) is 2. The lowest BCUT2D eigenvalue weighted by molar-refractivity contribution is 0.0697. The second-order valence-electron chi connectivity index (χ2n) is 5.15. The Kier molecular flexibility index (Phi) is 4.21. The number of carboxylic acid groups (broad SMARTS) is 1. The van der Waals surface area contributed by atoms with Crippen molar-refractivity contribution in [3.63, 3.8) is 0 Å². The van der Waals surface area contributed by atoms with E-state index in [-0.39, 0.29) is 38.5 Å². The lowest BCUT2D eigenvalue weighted by Crippen LogP contribution is -2.16. The van der Waals surface area contributed by atoms with Crippen LogP contribution in [-0.4, -0.2) is 20.0 Å². The molecule has 0 fully saturated rings.